The fourth-order valence-corrected chi connectivity index (χ4v) is 3.53. The van der Waals surface area contributed by atoms with Crippen molar-refractivity contribution >= 4 is 21.6 Å². The van der Waals surface area contributed by atoms with Crippen LogP contribution in [0.4, 0.5) is 11.4 Å². The maximum absolute atomic E-state index is 12.3. The van der Waals surface area contributed by atoms with Crippen molar-refractivity contribution in [1.82, 2.24) is 4.31 Å². The number of hydrogen-bond donors (Lipinski definition) is 2. The molecule has 6 nitrogen and oxygen atoms in total. The molecule has 1 aromatic rings. The number of nitrogens with one attached hydrogen (secondary N) is 1. The van der Waals surface area contributed by atoms with Gasteiger partial charge in [0.15, 0.2) is 0 Å². The molecule has 2 atom stereocenters. The number of morpholine rings is 1. The van der Waals surface area contributed by atoms with Gasteiger partial charge in [0.05, 0.1) is 23.6 Å². The normalized spacial score (nSPS) is 25.2. The minimum Gasteiger partial charge on any atom is -0.397 e. The lowest BCUT2D eigenvalue weighted by Crippen LogP contribution is -2.49. The number of nitrogens with zero attached hydrogens (tertiary/aromatic N) is 1. The van der Waals surface area contributed by atoms with Crippen molar-refractivity contribution in [2.75, 3.05) is 23.5 Å². The number of rotatable bonds is 3. The lowest BCUT2D eigenvalue weighted by molar-refractivity contribution is -0.0439. The van der Waals surface area contributed by atoms with Gasteiger partial charge in [-0.2, -0.15) is 12.7 Å². The lowest BCUT2D eigenvalue weighted by Gasteiger charge is -2.34. The third-order valence-electron chi connectivity index (χ3n) is 2.93. The van der Waals surface area contributed by atoms with Gasteiger partial charge in [-0.15, -0.1) is 0 Å². The van der Waals surface area contributed by atoms with Gasteiger partial charge in [0.25, 0.3) is 0 Å². The Balaban J connectivity index is 2.16. The van der Waals surface area contributed by atoms with Crippen LogP contribution in [0.2, 0.25) is 0 Å². The molecule has 7 heteroatoms. The molecule has 0 aromatic heterocycles. The predicted octanol–water partition coefficient (Wildman–Crippen LogP) is 1.03. The van der Waals surface area contributed by atoms with Gasteiger partial charge in [-0.05, 0) is 26.0 Å². The fraction of sp³-hybridized carbons (Fsp3) is 0.500. The highest BCUT2D eigenvalue weighted by atomic mass is 32.2. The van der Waals surface area contributed by atoms with Crippen molar-refractivity contribution in [2.45, 2.75) is 26.1 Å². The SMILES string of the molecule is CC1CN(S(=O)(=O)Nc2ccccc2N)CC(C)O1. The molecular formula is C12H19N3O3S. The first-order valence-corrected chi connectivity index (χ1v) is 7.60. The van der Waals surface area contributed by atoms with Gasteiger partial charge >= 0.3 is 10.2 Å². The molecule has 1 fully saturated rings. The molecule has 19 heavy (non-hydrogen) atoms. The Labute approximate surface area is 113 Å². The molecule has 1 aliphatic heterocycles. The molecule has 2 rings (SSSR count). The molecule has 2 unspecified atom stereocenters. The van der Waals surface area contributed by atoms with Gasteiger partial charge in [0.1, 0.15) is 0 Å². The average molecular weight is 285 g/mol. The molecule has 0 aliphatic carbocycles. The molecule has 0 bridgehead atoms. The van der Waals surface area contributed by atoms with E-state index >= 15 is 0 Å². The molecule has 1 heterocycles. The van der Waals surface area contributed by atoms with Crippen LogP contribution in [-0.4, -0.2) is 38.0 Å². The van der Waals surface area contributed by atoms with Crippen molar-refractivity contribution < 1.29 is 13.2 Å². The highest BCUT2D eigenvalue weighted by molar-refractivity contribution is 7.90. The van der Waals surface area contributed by atoms with Gasteiger partial charge in [0, 0.05) is 13.1 Å². The summed E-state index contributed by atoms with van der Waals surface area (Å²) in [4.78, 5) is 0. The number of benzene rings is 1. The quantitative estimate of drug-likeness (QED) is 0.813. The molecule has 1 aliphatic rings. The number of para-hydroxylation sites is 2. The standard InChI is InChI=1S/C12H19N3O3S/c1-9-7-15(8-10(2)18-9)19(16,17)14-12-6-4-3-5-11(12)13/h3-6,9-10,14H,7-8,13H2,1-2H3. The third kappa shape index (κ3) is 3.37. The van der Waals surface area contributed by atoms with Crippen molar-refractivity contribution in [1.29, 1.82) is 0 Å². The van der Waals surface area contributed by atoms with Crippen LogP contribution in [0, 0.1) is 0 Å². The number of nitrogen functional groups attached to an aromatic ring is 1. The number of nitrogens with two attached hydrogens (primary N) is 1. The van der Waals surface area contributed by atoms with Gasteiger partial charge in [-0.25, -0.2) is 0 Å². The van der Waals surface area contributed by atoms with Gasteiger partial charge < -0.3 is 10.5 Å². The average Bonchev–Trinajstić information content (AvgIpc) is 2.31. The van der Waals surface area contributed by atoms with Crippen molar-refractivity contribution in [3.63, 3.8) is 0 Å². The Bertz CT molecular complexity index is 537. The lowest BCUT2D eigenvalue weighted by atomic mass is 10.3. The maximum atomic E-state index is 12.3. The molecule has 1 saturated heterocycles. The van der Waals surface area contributed by atoms with Crippen LogP contribution in [0.25, 0.3) is 0 Å². The third-order valence-corrected chi connectivity index (χ3v) is 4.38. The van der Waals surface area contributed by atoms with E-state index in [1.165, 1.54) is 4.31 Å². The molecular weight excluding hydrogens is 266 g/mol. The second-order valence-corrected chi connectivity index (χ2v) is 6.44. The zero-order chi connectivity index (χ0) is 14.0. The number of anilines is 2. The van der Waals surface area contributed by atoms with Crippen LogP contribution >= 0.6 is 0 Å². The first kappa shape index (κ1) is 14.1. The number of hydrogen-bond acceptors (Lipinski definition) is 4. The van der Waals surface area contributed by atoms with Gasteiger partial charge in [0.2, 0.25) is 0 Å². The molecule has 106 valence electrons. The zero-order valence-electron chi connectivity index (χ0n) is 11.0. The van der Waals surface area contributed by atoms with E-state index in [0.29, 0.717) is 24.5 Å². The summed E-state index contributed by atoms with van der Waals surface area (Å²) in [5.41, 5.74) is 6.54. The summed E-state index contributed by atoms with van der Waals surface area (Å²) in [6, 6.07) is 6.79. The summed E-state index contributed by atoms with van der Waals surface area (Å²) in [5.74, 6) is 0. The summed E-state index contributed by atoms with van der Waals surface area (Å²) < 4.78 is 34.0. The van der Waals surface area contributed by atoms with E-state index in [1.54, 1.807) is 24.3 Å². The van der Waals surface area contributed by atoms with Crippen LogP contribution in [0.1, 0.15) is 13.8 Å². The summed E-state index contributed by atoms with van der Waals surface area (Å²) in [7, 11) is -3.60. The molecule has 1 aromatic carbocycles. The molecule has 3 N–H and O–H groups in total. The molecule has 0 saturated carbocycles. The topological polar surface area (TPSA) is 84.7 Å². The molecule has 0 spiro atoms. The number of ether oxygens (including phenoxy) is 1. The van der Waals surface area contributed by atoms with E-state index in [0.717, 1.165) is 0 Å². The second kappa shape index (κ2) is 5.36. The largest absolute Gasteiger partial charge is 0.397 e. The first-order chi connectivity index (χ1) is 8.88. The van der Waals surface area contributed by atoms with Crippen LogP contribution in [0.5, 0.6) is 0 Å². The monoisotopic (exact) mass is 285 g/mol. The Morgan fingerprint density at radius 2 is 1.84 bits per heavy atom. The Hall–Kier alpha value is -1.31. The van der Waals surface area contributed by atoms with E-state index in [4.69, 9.17) is 10.5 Å². The predicted molar refractivity (Wildman–Crippen MR) is 75.0 cm³/mol. The second-order valence-electron chi connectivity index (χ2n) is 4.77. The summed E-state index contributed by atoms with van der Waals surface area (Å²) >= 11 is 0. The van der Waals surface area contributed by atoms with Crippen LogP contribution in [-0.2, 0) is 14.9 Å². The minimum absolute atomic E-state index is 0.117. The van der Waals surface area contributed by atoms with E-state index in [-0.39, 0.29) is 12.2 Å². The van der Waals surface area contributed by atoms with Crippen LogP contribution in [0.15, 0.2) is 24.3 Å². The van der Waals surface area contributed by atoms with E-state index in [1.807, 2.05) is 13.8 Å². The van der Waals surface area contributed by atoms with E-state index < -0.39 is 10.2 Å². The Morgan fingerprint density at radius 1 is 1.26 bits per heavy atom. The Kier molecular flexibility index (Phi) is 3.98. The Morgan fingerprint density at radius 3 is 2.42 bits per heavy atom. The molecule has 0 amide bonds. The first-order valence-electron chi connectivity index (χ1n) is 6.16. The fourth-order valence-electron chi connectivity index (χ4n) is 2.12. The van der Waals surface area contributed by atoms with Crippen molar-refractivity contribution in [2.24, 2.45) is 0 Å². The van der Waals surface area contributed by atoms with Crippen LogP contribution < -0.4 is 10.5 Å². The summed E-state index contributed by atoms with van der Waals surface area (Å²) in [6.45, 7) is 4.39. The highest BCUT2D eigenvalue weighted by Gasteiger charge is 2.31. The smallest absolute Gasteiger partial charge is 0.301 e. The minimum atomic E-state index is -3.60. The maximum Gasteiger partial charge on any atom is 0.301 e. The summed E-state index contributed by atoms with van der Waals surface area (Å²) in [5, 5.41) is 0. The van der Waals surface area contributed by atoms with E-state index in [9.17, 15) is 8.42 Å². The van der Waals surface area contributed by atoms with Gasteiger partial charge in [-0.3, -0.25) is 4.72 Å². The van der Waals surface area contributed by atoms with E-state index in [2.05, 4.69) is 4.72 Å². The highest BCUT2D eigenvalue weighted by Crippen LogP contribution is 2.21. The van der Waals surface area contributed by atoms with Crippen molar-refractivity contribution in [3.8, 4) is 0 Å². The summed E-state index contributed by atoms with van der Waals surface area (Å²) in [6.07, 6.45) is -0.234. The molecule has 0 radical (unpaired) electrons. The van der Waals surface area contributed by atoms with Gasteiger partial charge in [-0.1, -0.05) is 12.1 Å². The van der Waals surface area contributed by atoms with Crippen molar-refractivity contribution in [3.05, 3.63) is 24.3 Å². The van der Waals surface area contributed by atoms with Crippen LogP contribution in [0.3, 0.4) is 0 Å². The zero-order valence-corrected chi connectivity index (χ0v) is 11.9.